The third kappa shape index (κ3) is 10.6. The van der Waals surface area contributed by atoms with Gasteiger partial charge in [0.1, 0.15) is 0 Å². The molecule has 1 nitrogen and oxygen atoms in total. The van der Waals surface area contributed by atoms with Crippen molar-refractivity contribution in [1.29, 1.82) is 0 Å². The average molecular weight is 204 g/mol. The summed E-state index contributed by atoms with van der Waals surface area (Å²) in [6.07, 6.45) is 5.09. The zero-order valence-corrected chi connectivity index (χ0v) is 8.35. The lowest BCUT2D eigenvalue weighted by Gasteiger charge is -1.78. The van der Waals surface area contributed by atoms with Crippen LogP contribution in [0, 0.1) is 0 Å². The van der Waals surface area contributed by atoms with Gasteiger partial charge in [0.05, 0.1) is 0 Å². The van der Waals surface area contributed by atoms with E-state index in [2.05, 4.69) is 27.5 Å². The number of nitrogens with zero attached hydrogens (tertiary/aromatic N) is 1. The van der Waals surface area contributed by atoms with E-state index in [1.165, 1.54) is 6.20 Å². The van der Waals surface area contributed by atoms with Gasteiger partial charge in [-0.2, -0.15) is 0 Å². The maximum Gasteiger partial charge on any atom is 0.0406 e. The number of rotatable bonds is 2. The highest BCUT2D eigenvalue weighted by molar-refractivity contribution is 9.12. The Bertz CT molecular complexity index is 125. The quantitative estimate of drug-likeness (QED) is 0.610. The molecule has 58 valence electrons. The first-order valence-electron chi connectivity index (χ1n) is 3.27. The normalized spacial score (nSPS) is 10.6. The number of hydrogen-bond donors (Lipinski definition) is 0. The van der Waals surface area contributed by atoms with Crippen LogP contribution in [0.2, 0.25) is 0 Å². The summed E-state index contributed by atoms with van der Waals surface area (Å²) in [6.45, 7) is 9.35. The van der Waals surface area contributed by atoms with E-state index in [0.29, 0.717) is 0 Å². The molecule has 0 saturated heterocycles. The van der Waals surface area contributed by atoms with Gasteiger partial charge >= 0.3 is 0 Å². The van der Waals surface area contributed by atoms with E-state index in [1.54, 1.807) is 6.21 Å². The predicted octanol–water partition coefficient (Wildman–Crippen LogP) is 3.53. The van der Waals surface area contributed by atoms with E-state index in [-0.39, 0.29) is 0 Å². The summed E-state index contributed by atoms with van der Waals surface area (Å²) in [5.74, 6) is 0. The van der Waals surface area contributed by atoms with E-state index >= 15 is 0 Å². The molecule has 0 radical (unpaired) electrons. The van der Waals surface area contributed by atoms with Crippen LogP contribution < -0.4 is 0 Å². The molecule has 0 heterocycles. The van der Waals surface area contributed by atoms with E-state index in [0.717, 1.165) is 4.48 Å². The summed E-state index contributed by atoms with van der Waals surface area (Å²) < 4.78 is 0.970. The van der Waals surface area contributed by atoms with Crippen molar-refractivity contribution in [2.45, 2.75) is 20.8 Å². The largest absolute Gasteiger partial charge is 0.264 e. The average Bonchev–Trinajstić information content (AvgIpc) is 2.04. The van der Waals surface area contributed by atoms with Gasteiger partial charge in [-0.05, 0) is 22.9 Å². The molecule has 0 fully saturated rings. The molecule has 0 bridgehead atoms. The third-order valence-electron chi connectivity index (χ3n) is 0.579. The molecule has 0 aliphatic heterocycles. The molecule has 0 aromatic heterocycles. The molecule has 0 aromatic rings. The van der Waals surface area contributed by atoms with Crippen LogP contribution in [0.15, 0.2) is 28.3 Å². The topological polar surface area (TPSA) is 12.4 Å². The number of allylic oxidation sites excluding steroid dienone is 2. The first-order valence-corrected chi connectivity index (χ1v) is 4.06. The molecule has 0 amide bonds. The van der Waals surface area contributed by atoms with Crippen LogP contribution in [0.3, 0.4) is 0 Å². The van der Waals surface area contributed by atoms with Gasteiger partial charge in [-0.1, -0.05) is 26.5 Å². The fourth-order valence-electron chi connectivity index (χ4n) is 0.198. The van der Waals surface area contributed by atoms with Gasteiger partial charge < -0.3 is 0 Å². The third-order valence-corrected chi connectivity index (χ3v) is 1.24. The first-order chi connectivity index (χ1) is 4.81. The molecule has 2 heteroatoms. The van der Waals surface area contributed by atoms with Crippen LogP contribution >= 0.6 is 15.9 Å². The Morgan fingerprint density at radius 1 is 1.50 bits per heavy atom. The summed E-state index contributed by atoms with van der Waals surface area (Å²) in [5, 5.41) is 0. The zero-order chi connectivity index (χ0) is 8.41. The molecule has 0 aliphatic carbocycles. The Kier molecular flexibility index (Phi) is 14.1. The molecular formula is C8H14BrN. The second kappa shape index (κ2) is 11.4. The van der Waals surface area contributed by atoms with Gasteiger partial charge in [0, 0.05) is 16.9 Å². The van der Waals surface area contributed by atoms with Crippen molar-refractivity contribution in [2.24, 2.45) is 4.99 Å². The molecule has 0 N–H and O–H groups in total. The van der Waals surface area contributed by atoms with Crippen LogP contribution in [0.5, 0.6) is 0 Å². The Morgan fingerprint density at radius 2 is 2.00 bits per heavy atom. The summed E-state index contributed by atoms with van der Waals surface area (Å²) >= 11 is 3.24. The van der Waals surface area contributed by atoms with Gasteiger partial charge in [-0.15, -0.1) is 0 Å². The van der Waals surface area contributed by atoms with Crippen molar-refractivity contribution < 1.29 is 0 Å². The Balaban J connectivity index is 0. The molecule has 0 aromatic carbocycles. The number of hydrogen-bond acceptors (Lipinski definition) is 1. The highest BCUT2D eigenvalue weighted by atomic mass is 79.9. The van der Waals surface area contributed by atoms with Gasteiger partial charge in [0.15, 0.2) is 0 Å². The second-order valence-electron chi connectivity index (χ2n) is 1.13. The number of halogens is 1. The zero-order valence-electron chi connectivity index (χ0n) is 6.76. The van der Waals surface area contributed by atoms with Gasteiger partial charge in [-0.25, -0.2) is 0 Å². The van der Waals surface area contributed by atoms with Crippen molar-refractivity contribution in [2.75, 3.05) is 0 Å². The Morgan fingerprint density at radius 3 is 2.30 bits per heavy atom. The van der Waals surface area contributed by atoms with E-state index < -0.39 is 0 Å². The molecule has 0 rings (SSSR count). The fraction of sp³-hybridized carbons (Fsp3) is 0.375. The van der Waals surface area contributed by atoms with Gasteiger partial charge in [0.25, 0.3) is 0 Å². The molecule has 0 aliphatic rings. The maximum atomic E-state index is 3.77. The van der Waals surface area contributed by atoms with Crippen LogP contribution in [-0.4, -0.2) is 6.21 Å². The molecular weight excluding hydrogens is 190 g/mol. The standard InChI is InChI=1S/C6H8BrN.C2H6/c1-3-6(7)5-8-4-2;1-2/h3-5H,2H2,1H3;1-2H3/b6-3+,8-5?;. The summed E-state index contributed by atoms with van der Waals surface area (Å²) in [6, 6.07) is 0. The van der Waals surface area contributed by atoms with E-state index in [9.17, 15) is 0 Å². The Labute approximate surface area is 71.7 Å². The SMILES string of the molecule is C=CN=C/C(Br)=C\C.CC. The van der Waals surface area contributed by atoms with Crippen molar-refractivity contribution in [3.05, 3.63) is 23.3 Å². The van der Waals surface area contributed by atoms with Crippen LogP contribution in [0.4, 0.5) is 0 Å². The van der Waals surface area contributed by atoms with Gasteiger partial charge in [0.2, 0.25) is 0 Å². The number of aliphatic imine (C=N–C) groups is 1. The minimum absolute atomic E-state index is 0.970. The van der Waals surface area contributed by atoms with Crippen molar-refractivity contribution in [1.82, 2.24) is 0 Å². The highest BCUT2D eigenvalue weighted by Gasteiger charge is 1.75. The minimum Gasteiger partial charge on any atom is -0.264 e. The van der Waals surface area contributed by atoms with Crippen molar-refractivity contribution >= 4 is 22.1 Å². The highest BCUT2D eigenvalue weighted by Crippen LogP contribution is 1.98. The summed E-state index contributed by atoms with van der Waals surface area (Å²) in [5.41, 5.74) is 0. The Hall–Kier alpha value is -0.370. The van der Waals surface area contributed by atoms with Crippen LogP contribution in [0.25, 0.3) is 0 Å². The molecule has 10 heavy (non-hydrogen) atoms. The monoisotopic (exact) mass is 203 g/mol. The van der Waals surface area contributed by atoms with Crippen LogP contribution in [-0.2, 0) is 0 Å². The van der Waals surface area contributed by atoms with Crippen molar-refractivity contribution in [3.8, 4) is 0 Å². The maximum absolute atomic E-state index is 3.77. The smallest absolute Gasteiger partial charge is 0.0406 e. The van der Waals surface area contributed by atoms with E-state index in [1.807, 2.05) is 26.8 Å². The summed E-state index contributed by atoms with van der Waals surface area (Å²) in [4.78, 5) is 3.77. The lowest BCUT2D eigenvalue weighted by Crippen LogP contribution is -1.66. The minimum atomic E-state index is 0.970. The molecule has 0 spiro atoms. The fourth-order valence-corrected chi connectivity index (χ4v) is 0.317. The van der Waals surface area contributed by atoms with Crippen molar-refractivity contribution in [3.63, 3.8) is 0 Å². The second-order valence-corrected chi connectivity index (χ2v) is 2.05. The molecule has 0 atom stereocenters. The first kappa shape index (κ1) is 12.3. The van der Waals surface area contributed by atoms with Gasteiger partial charge in [-0.3, -0.25) is 4.99 Å². The summed E-state index contributed by atoms with van der Waals surface area (Å²) in [7, 11) is 0. The lowest BCUT2D eigenvalue weighted by atomic mass is 10.6. The van der Waals surface area contributed by atoms with E-state index in [4.69, 9.17) is 0 Å². The molecule has 0 saturated carbocycles. The van der Waals surface area contributed by atoms with Crippen LogP contribution in [0.1, 0.15) is 20.8 Å². The predicted molar refractivity (Wildman–Crippen MR) is 52.7 cm³/mol. The lowest BCUT2D eigenvalue weighted by molar-refractivity contribution is 1.50. The molecule has 0 unspecified atom stereocenters.